The van der Waals surface area contributed by atoms with Gasteiger partial charge in [-0.25, -0.2) is 0 Å². The van der Waals surface area contributed by atoms with Crippen LogP contribution < -0.4 is 0 Å². The maximum atomic E-state index is 10.8. The highest BCUT2D eigenvalue weighted by atomic mass is 32.1. The summed E-state index contributed by atoms with van der Waals surface area (Å²) in [6.07, 6.45) is 0. The Morgan fingerprint density at radius 2 is 1.71 bits per heavy atom. The van der Waals surface area contributed by atoms with E-state index in [1.54, 1.807) is 0 Å². The molecular formula is C16H22N2OS2. The number of rotatable bonds is 1. The Hall–Kier alpha value is -1.20. The maximum Gasteiger partial charge on any atom is 0.176 e. The van der Waals surface area contributed by atoms with Crippen molar-refractivity contribution in [1.82, 2.24) is 10.2 Å². The Labute approximate surface area is 135 Å². The maximum absolute atomic E-state index is 10.8. The van der Waals surface area contributed by atoms with Gasteiger partial charge in [-0.2, -0.15) is 5.10 Å². The number of aromatic hydroxyl groups is 1. The van der Waals surface area contributed by atoms with Crippen molar-refractivity contribution in [2.24, 2.45) is 0 Å². The largest absolute Gasteiger partial charge is 0.507 e. The molecule has 0 atom stereocenters. The number of hydrogen-bond acceptors (Lipinski definition) is 4. The van der Waals surface area contributed by atoms with E-state index >= 15 is 0 Å². The lowest BCUT2D eigenvalue weighted by molar-refractivity contribution is 0.424. The standard InChI is InChI=1S/C16H22N2OS2/c1-15(2,3)10-8-7-9(13-17-18-14(20)21-13)11(12(10)19)16(4,5)6/h7-8,19H,1-6H3,(H,18,20). The molecule has 114 valence electrons. The number of H-pyrrole nitrogens is 1. The summed E-state index contributed by atoms with van der Waals surface area (Å²) in [7, 11) is 0. The van der Waals surface area contributed by atoms with Crippen molar-refractivity contribution < 1.29 is 5.11 Å². The van der Waals surface area contributed by atoms with Crippen LogP contribution in [0.15, 0.2) is 12.1 Å². The molecule has 2 rings (SSSR count). The van der Waals surface area contributed by atoms with E-state index in [1.807, 2.05) is 12.1 Å². The van der Waals surface area contributed by atoms with Gasteiger partial charge in [0.25, 0.3) is 0 Å². The normalized spacial score (nSPS) is 12.7. The fourth-order valence-corrected chi connectivity index (χ4v) is 3.40. The monoisotopic (exact) mass is 322 g/mol. The number of phenols is 1. The summed E-state index contributed by atoms with van der Waals surface area (Å²) >= 11 is 6.56. The number of aromatic nitrogens is 2. The van der Waals surface area contributed by atoms with Crippen LogP contribution in [0.5, 0.6) is 5.75 Å². The fourth-order valence-electron chi connectivity index (χ4n) is 2.48. The highest BCUT2D eigenvalue weighted by Crippen LogP contribution is 2.44. The molecule has 5 heteroatoms. The molecule has 0 fully saturated rings. The number of phenolic OH excluding ortho intramolecular Hbond substituents is 1. The lowest BCUT2D eigenvalue weighted by Gasteiger charge is -2.28. The zero-order valence-corrected chi connectivity index (χ0v) is 15.0. The van der Waals surface area contributed by atoms with Gasteiger partial charge in [-0.15, -0.1) is 0 Å². The van der Waals surface area contributed by atoms with Gasteiger partial charge >= 0.3 is 0 Å². The first-order chi connectivity index (χ1) is 9.51. The SMILES string of the molecule is CC(C)(C)c1ccc(-c2n[nH]c(=S)s2)c(C(C)(C)C)c1O. The van der Waals surface area contributed by atoms with E-state index in [9.17, 15) is 5.11 Å². The van der Waals surface area contributed by atoms with Crippen molar-refractivity contribution in [3.8, 4) is 16.3 Å². The lowest BCUT2D eigenvalue weighted by atomic mass is 9.77. The zero-order valence-electron chi connectivity index (χ0n) is 13.4. The Balaban J connectivity index is 2.79. The molecule has 0 amide bonds. The molecule has 0 bridgehead atoms. The second kappa shape index (κ2) is 5.21. The summed E-state index contributed by atoms with van der Waals surface area (Å²) in [5, 5.41) is 18.8. The fraction of sp³-hybridized carbons (Fsp3) is 0.500. The summed E-state index contributed by atoms with van der Waals surface area (Å²) in [6, 6.07) is 4.03. The Kier molecular flexibility index (Phi) is 4.02. The second-order valence-corrected chi connectivity index (χ2v) is 8.97. The van der Waals surface area contributed by atoms with Gasteiger partial charge in [-0.05, 0) is 28.6 Å². The van der Waals surface area contributed by atoms with Crippen molar-refractivity contribution in [2.75, 3.05) is 0 Å². The molecule has 3 nitrogen and oxygen atoms in total. The van der Waals surface area contributed by atoms with Crippen LogP contribution in [-0.4, -0.2) is 15.3 Å². The van der Waals surface area contributed by atoms with E-state index in [-0.39, 0.29) is 10.8 Å². The van der Waals surface area contributed by atoms with Crippen LogP contribution in [0, 0.1) is 3.95 Å². The predicted octanol–water partition coefficient (Wildman–Crippen LogP) is 5.17. The minimum Gasteiger partial charge on any atom is -0.507 e. The lowest BCUT2D eigenvalue weighted by Crippen LogP contribution is -2.18. The molecular weight excluding hydrogens is 300 g/mol. The average molecular weight is 322 g/mol. The summed E-state index contributed by atoms with van der Waals surface area (Å²) in [4.78, 5) is 0. The summed E-state index contributed by atoms with van der Waals surface area (Å²) < 4.78 is 0.643. The number of nitrogens with zero attached hydrogens (tertiary/aromatic N) is 1. The third-order valence-electron chi connectivity index (χ3n) is 3.40. The third-order valence-corrected chi connectivity index (χ3v) is 4.53. The van der Waals surface area contributed by atoms with Crippen molar-refractivity contribution in [1.29, 1.82) is 0 Å². The summed E-state index contributed by atoms with van der Waals surface area (Å²) in [5.74, 6) is 0.369. The highest BCUT2D eigenvalue weighted by Gasteiger charge is 2.29. The first-order valence-corrected chi connectivity index (χ1v) is 8.17. The van der Waals surface area contributed by atoms with Gasteiger partial charge < -0.3 is 5.11 Å². The number of aromatic amines is 1. The van der Waals surface area contributed by atoms with Crippen LogP contribution in [0.25, 0.3) is 10.6 Å². The number of nitrogens with one attached hydrogen (secondary N) is 1. The second-order valence-electron chi connectivity index (χ2n) is 7.30. The smallest absolute Gasteiger partial charge is 0.176 e. The average Bonchev–Trinajstić information content (AvgIpc) is 2.71. The molecule has 0 aliphatic heterocycles. The van der Waals surface area contributed by atoms with Gasteiger partial charge in [-0.1, -0.05) is 65.0 Å². The minimum absolute atomic E-state index is 0.110. The number of benzene rings is 1. The van der Waals surface area contributed by atoms with Crippen molar-refractivity contribution in [3.05, 3.63) is 27.2 Å². The van der Waals surface area contributed by atoms with Gasteiger partial charge in [0.05, 0.1) is 0 Å². The van der Waals surface area contributed by atoms with Crippen LogP contribution in [0.3, 0.4) is 0 Å². The van der Waals surface area contributed by atoms with Crippen LogP contribution in [0.4, 0.5) is 0 Å². The summed E-state index contributed by atoms with van der Waals surface area (Å²) in [5.41, 5.74) is 2.53. The van der Waals surface area contributed by atoms with Crippen LogP contribution in [-0.2, 0) is 10.8 Å². The molecule has 1 heterocycles. The van der Waals surface area contributed by atoms with Crippen molar-refractivity contribution in [2.45, 2.75) is 52.4 Å². The zero-order chi connectivity index (χ0) is 16.0. The third kappa shape index (κ3) is 3.19. The molecule has 21 heavy (non-hydrogen) atoms. The van der Waals surface area contributed by atoms with E-state index in [0.717, 1.165) is 21.7 Å². The predicted molar refractivity (Wildman–Crippen MR) is 91.8 cm³/mol. The molecule has 1 aromatic carbocycles. The molecule has 0 radical (unpaired) electrons. The first-order valence-electron chi connectivity index (χ1n) is 6.94. The van der Waals surface area contributed by atoms with Gasteiger partial charge in [0.1, 0.15) is 10.8 Å². The Bertz CT molecular complexity index is 715. The molecule has 0 unspecified atom stereocenters. The van der Waals surface area contributed by atoms with E-state index in [1.165, 1.54) is 11.3 Å². The van der Waals surface area contributed by atoms with Crippen molar-refractivity contribution >= 4 is 23.6 Å². The Morgan fingerprint density at radius 3 is 2.14 bits per heavy atom. The molecule has 0 aliphatic carbocycles. The molecule has 1 aromatic heterocycles. The topological polar surface area (TPSA) is 48.9 Å². The van der Waals surface area contributed by atoms with Gasteiger partial charge in [0.15, 0.2) is 3.95 Å². The van der Waals surface area contributed by atoms with E-state index in [0.29, 0.717) is 9.70 Å². The Morgan fingerprint density at radius 1 is 1.10 bits per heavy atom. The van der Waals surface area contributed by atoms with E-state index in [2.05, 4.69) is 51.7 Å². The van der Waals surface area contributed by atoms with Gasteiger partial charge in [0, 0.05) is 11.1 Å². The molecule has 0 aliphatic rings. The highest BCUT2D eigenvalue weighted by molar-refractivity contribution is 7.73. The first kappa shape index (κ1) is 16.2. The van der Waals surface area contributed by atoms with Gasteiger partial charge in [0.2, 0.25) is 0 Å². The van der Waals surface area contributed by atoms with E-state index in [4.69, 9.17) is 12.2 Å². The summed E-state index contributed by atoms with van der Waals surface area (Å²) in [6.45, 7) is 12.6. The van der Waals surface area contributed by atoms with Crippen LogP contribution >= 0.6 is 23.6 Å². The number of hydrogen-bond donors (Lipinski definition) is 2. The molecule has 0 saturated heterocycles. The molecule has 0 spiro atoms. The van der Waals surface area contributed by atoms with E-state index < -0.39 is 0 Å². The molecule has 2 N–H and O–H groups in total. The van der Waals surface area contributed by atoms with Crippen molar-refractivity contribution in [3.63, 3.8) is 0 Å². The van der Waals surface area contributed by atoms with Crippen LogP contribution in [0.1, 0.15) is 52.7 Å². The quantitative estimate of drug-likeness (QED) is 0.712. The van der Waals surface area contributed by atoms with Crippen LogP contribution in [0.2, 0.25) is 0 Å². The molecule has 0 saturated carbocycles. The minimum atomic E-state index is -0.187. The van der Waals surface area contributed by atoms with Gasteiger partial charge in [-0.3, -0.25) is 5.10 Å². The molecule has 2 aromatic rings.